The van der Waals surface area contributed by atoms with E-state index in [4.69, 9.17) is 14.2 Å². The molecule has 1 N–H and O–H groups in total. The zero-order valence-electron chi connectivity index (χ0n) is 15.0. The van der Waals surface area contributed by atoms with Crippen LogP contribution in [0.4, 0.5) is 17.1 Å². The fourth-order valence-corrected chi connectivity index (χ4v) is 2.78. The predicted octanol–water partition coefficient (Wildman–Crippen LogP) is 5.31. The van der Waals surface area contributed by atoms with Gasteiger partial charge < -0.3 is 19.5 Å². The Bertz CT molecular complexity index is 938. The normalized spacial score (nSPS) is 12.3. The van der Waals surface area contributed by atoms with Gasteiger partial charge in [-0.05, 0) is 49.4 Å². The highest BCUT2D eigenvalue weighted by molar-refractivity contribution is 5.87. The van der Waals surface area contributed by atoms with Gasteiger partial charge in [0.25, 0.3) is 0 Å². The molecule has 3 aromatic rings. The van der Waals surface area contributed by atoms with Crippen LogP contribution in [-0.4, -0.2) is 19.6 Å². The molecule has 0 bridgehead atoms. The van der Waals surface area contributed by atoms with Gasteiger partial charge in [-0.1, -0.05) is 18.2 Å². The van der Waals surface area contributed by atoms with Gasteiger partial charge in [-0.25, -0.2) is 0 Å². The Balaban J connectivity index is 1.51. The number of nitrogens with zero attached hydrogens (tertiary/aromatic N) is 1. The first-order valence-corrected chi connectivity index (χ1v) is 8.84. The molecule has 5 heteroatoms. The second kappa shape index (κ2) is 7.83. The minimum Gasteiger partial charge on any atom is -0.493 e. The number of ether oxygens (including phenoxy) is 3. The fraction of sp³-hybridized carbons (Fsp3) is 0.136. The van der Waals surface area contributed by atoms with Crippen molar-refractivity contribution in [1.29, 1.82) is 0 Å². The lowest BCUT2D eigenvalue weighted by Gasteiger charge is -2.08. The number of aliphatic imine (C=N–C) groups is 1. The average molecular weight is 360 g/mol. The number of hydrogen-bond donors (Lipinski definition) is 1. The van der Waals surface area contributed by atoms with Gasteiger partial charge in [0, 0.05) is 29.2 Å². The van der Waals surface area contributed by atoms with E-state index < -0.39 is 0 Å². The third-order valence-corrected chi connectivity index (χ3v) is 4.09. The Morgan fingerprint density at radius 3 is 2.41 bits per heavy atom. The monoisotopic (exact) mass is 360 g/mol. The number of nitrogens with one attached hydrogen (secondary N) is 1. The van der Waals surface area contributed by atoms with Gasteiger partial charge in [-0.15, -0.1) is 0 Å². The second-order valence-electron chi connectivity index (χ2n) is 5.97. The van der Waals surface area contributed by atoms with Crippen molar-refractivity contribution in [3.05, 3.63) is 72.3 Å². The lowest BCUT2D eigenvalue weighted by atomic mass is 10.2. The summed E-state index contributed by atoms with van der Waals surface area (Å²) in [4.78, 5) is 4.56. The molecular weight excluding hydrogens is 340 g/mol. The molecule has 27 heavy (non-hydrogen) atoms. The number of hydrogen-bond acceptors (Lipinski definition) is 5. The quantitative estimate of drug-likeness (QED) is 0.606. The van der Waals surface area contributed by atoms with Gasteiger partial charge in [-0.3, -0.25) is 4.99 Å². The first-order chi connectivity index (χ1) is 13.3. The van der Waals surface area contributed by atoms with Crippen LogP contribution in [0.25, 0.3) is 0 Å². The molecule has 0 fully saturated rings. The minimum absolute atomic E-state index is 0.234. The first-order valence-electron chi connectivity index (χ1n) is 8.84. The Morgan fingerprint density at radius 2 is 1.67 bits per heavy atom. The van der Waals surface area contributed by atoms with Gasteiger partial charge in [-0.2, -0.15) is 0 Å². The molecular formula is C22H20N2O3. The number of benzene rings is 3. The third-order valence-electron chi connectivity index (χ3n) is 4.09. The van der Waals surface area contributed by atoms with Crippen LogP contribution in [0, 0.1) is 0 Å². The summed E-state index contributed by atoms with van der Waals surface area (Å²) < 4.78 is 16.6. The SMILES string of the molecule is CCOc1cc2c(cc1C=Nc1ccc(Nc3ccccc3)cc1)OCO2. The summed E-state index contributed by atoms with van der Waals surface area (Å²) in [7, 11) is 0. The molecule has 0 spiro atoms. The molecule has 0 aliphatic carbocycles. The van der Waals surface area contributed by atoms with E-state index in [1.54, 1.807) is 6.21 Å². The van der Waals surface area contributed by atoms with E-state index in [1.807, 2.05) is 73.7 Å². The molecule has 3 aromatic carbocycles. The van der Waals surface area contributed by atoms with Crippen LogP contribution in [-0.2, 0) is 0 Å². The van der Waals surface area contributed by atoms with Crippen LogP contribution in [0.15, 0.2) is 71.7 Å². The summed E-state index contributed by atoms with van der Waals surface area (Å²) in [6, 6.07) is 21.7. The predicted molar refractivity (Wildman–Crippen MR) is 107 cm³/mol. The summed E-state index contributed by atoms with van der Waals surface area (Å²) in [6.45, 7) is 2.75. The molecule has 0 saturated heterocycles. The van der Waals surface area contributed by atoms with Crippen molar-refractivity contribution in [1.82, 2.24) is 0 Å². The maximum Gasteiger partial charge on any atom is 0.231 e. The number of para-hydroxylation sites is 1. The summed E-state index contributed by atoms with van der Waals surface area (Å²) in [6.07, 6.45) is 1.78. The van der Waals surface area contributed by atoms with Crippen molar-refractivity contribution < 1.29 is 14.2 Å². The van der Waals surface area contributed by atoms with Crippen LogP contribution < -0.4 is 19.5 Å². The highest BCUT2D eigenvalue weighted by atomic mass is 16.7. The Hall–Kier alpha value is -3.47. The minimum atomic E-state index is 0.234. The standard InChI is InChI=1S/C22H20N2O3/c1-2-25-20-13-22-21(26-15-27-22)12-16(20)14-23-17-8-10-19(11-9-17)24-18-6-4-3-5-7-18/h3-14,24H,2,15H2,1H3. The Labute approximate surface area is 158 Å². The largest absolute Gasteiger partial charge is 0.493 e. The van der Waals surface area contributed by atoms with E-state index in [2.05, 4.69) is 10.3 Å². The molecule has 1 aliphatic heterocycles. The van der Waals surface area contributed by atoms with Gasteiger partial charge >= 0.3 is 0 Å². The van der Waals surface area contributed by atoms with E-state index in [1.165, 1.54) is 0 Å². The van der Waals surface area contributed by atoms with Crippen LogP contribution in [0.5, 0.6) is 17.2 Å². The Morgan fingerprint density at radius 1 is 0.963 bits per heavy atom. The van der Waals surface area contributed by atoms with E-state index in [0.29, 0.717) is 18.1 Å². The van der Waals surface area contributed by atoms with E-state index in [9.17, 15) is 0 Å². The molecule has 5 nitrogen and oxygen atoms in total. The second-order valence-corrected chi connectivity index (χ2v) is 5.97. The molecule has 0 atom stereocenters. The molecule has 0 radical (unpaired) electrons. The fourth-order valence-electron chi connectivity index (χ4n) is 2.78. The molecule has 0 unspecified atom stereocenters. The third kappa shape index (κ3) is 4.03. The lowest BCUT2D eigenvalue weighted by Crippen LogP contribution is -1.96. The van der Waals surface area contributed by atoms with Gasteiger partial charge in [0.05, 0.1) is 12.3 Å². The smallest absolute Gasteiger partial charge is 0.231 e. The maximum atomic E-state index is 5.70. The van der Waals surface area contributed by atoms with Crippen LogP contribution in [0.3, 0.4) is 0 Å². The molecule has 0 amide bonds. The molecule has 136 valence electrons. The molecule has 0 saturated carbocycles. The highest BCUT2D eigenvalue weighted by Crippen LogP contribution is 2.37. The molecule has 0 aromatic heterocycles. The molecule has 4 rings (SSSR count). The topological polar surface area (TPSA) is 52.1 Å². The zero-order valence-corrected chi connectivity index (χ0v) is 15.0. The van der Waals surface area contributed by atoms with Gasteiger partial charge in [0.15, 0.2) is 11.5 Å². The van der Waals surface area contributed by atoms with E-state index in [0.717, 1.165) is 28.4 Å². The Kier molecular flexibility index (Phi) is 4.92. The maximum absolute atomic E-state index is 5.70. The number of anilines is 2. The summed E-state index contributed by atoms with van der Waals surface area (Å²) >= 11 is 0. The van der Waals surface area contributed by atoms with Crippen molar-refractivity contribution in [3.8, 4) is 17.2 Å². The van der Waals surface area contributed by atoms with Crippen molar-refractivity contribution in [2.45, 2.75) is 6.92 Å². The van der Waals surface area contributed by atoms with Gasteiger partial charge in [0.2, 0.25) is 6.79 Å². The molecule has 1 heterocycles. The number of rotatable bonds is 6. The summed E-state index contributed by atoms with van der Waals surface area (Å²) in [5.41, 5.74) is 3.77. The van der Waals surface area contributed by atoms with Crippen LogP contribution in [0.2, 0.25) is 0 Å². The van der Waals surface area contributed by atoms with Crippen molar-refractivity contribution in [2.75, 3.05) is 18.7 Å². The average Bonchev–Trinajstić information content (AvgIpc) is 3.16. The van der Waals surface area contributed by atoms with Crippen molar-refractivity contribution >= 4 is 23.3 Å². The lowest BCUT2D eigenvalue weighted by molar-refractivity contribution is 0.174. The summed E-state index contributed by atoms with van der Waals surface area (Å²) in [5, 5.41) is 3.36. The van der Waals surface area contributed by atoms with E-state index in [-0.39, 0.29) is 6.79 Å². The zero-order chi connectivity index (χ0) is 18.5. The van der Waals surface area contributed by atoms with Crippen LogP contribution >= 0.6 is 0 Å². The first kappa shape index (κ1) is 17.0. The van der Waals surface area contributed by atoms with Crippen LogP contribution in [0.1, 0.15) is 12.5 Å². The van der Waals surface area contributed by atoms with E-state index >= 15 is 0 Å². The summed E-state index contributed by atoms with van der Waals surface area (Å²) in [5.74, 6) is 2.14. The van der Waals surface area contributed by atoms with Crippen molar-refractivity contribution in [2.24, 2.45) is 4.99 Å². The molecule has 1 aliphatic rings. The highest BCUT2D eigenvalue weighted by Gasteiger charge is 2.17. The van der Waals surface area contributed by atoms with Crippen molar-refractivity contribution in [3.63, 3.8) is 0 Å². The number of fused-ring (bicyclic) bond motifs is 1. The van der Waals surface area contributed by atoms with Gasteiger partial charge in [0.1, 0.15) is 5.75 Å².